The first-order valence-electron chi connectivity index (χ1n) is 6.23. The Bertz CT molecular complexity index is 433. The number of nitrogens with two attached hydrogens (primary N) is 1. The van der Waals surface area contributed by atoms with Crippen LogP contribution in [-0.4, -0.2) is 25.9 Å². The zero-order valence-electron chi connectivity index (χ0n) is 11.9. The van der Waals surface area contributed by atoms with Crippen molar-refractivity contribution in [2.24, 2.45) is 11.1 Å². The summed E-state index contributed by atoms with van der Waals surface area (Å²) in [5.41, 5.74) is 5.95. The molecule has 2 unspecified atom stereocenters. The van der Waals surface area contributed by atoms with Crippen LogP contribution in [0.2, 0.25) is 5.02 Å². The number of hydrogen-bond donors (Lipinski definition) is 2. The summed E-state index contributed by atoms with van der Waals surface area (Å²) >= 11 is 6.30. The van der Waals surface area contributed by atoms with Gasteiger partial charge in [0.2, 0.25) is 0 Å². The summed E-state index contributed by atoms with van der Waals surface area (Å²) in [4.78, 5) is 0. The maximum Gasteiger partial charge on any atom is 0.179 e. The molecule has 0 aliphatic rings. The van der Waals surface area contributed by atoms with Gasteiger partial charge in [0.05, 0.1) is 25.3 Å². The van der Waals surface area contributed by atoms with Crippen LogP contribution in [0.15, 0.2) is 12.1 Å². The minimum Gasteiger partial charge on any atom is -0.493 e. The van der Waals surface area contributed by atoms with Crippen LogP contribution >= 0.6 is 11.6 Å². The smallest absolute Gasteiger partial charge is 0.179 e. The van der Waals surface area contributed by atoms with Gasteiger partial charge >= 0.3 is 0 Å². The number of hydrogen-bond acceptors (Lipinski definition) is 4. The zero-order chi connectivity index (χ0) is 14.6. The van der Waals surface area contributed by atoms with Gasteiger partial charge in [-0.2, -0.15) is 0 Å². The highest BCUT2D eigenvalue weighted by Gasteiger charge is 2.33. The Labute approximate surface area is 119 Å². The fraction of sp³-hybridized carbons (Fsp3) is 0.571. The number of aliphatic hydroxyl groups is 1. The summed E-state index contributed by atoms with van der Waals surface area (Å²) in [5.74, 6) is 0.964. The lowest BCUT2D eigenvalue weighted by atomic mass is 9.78. The second-order valence-electron chi connectivity index (χ2n) is 4.82. The Morgan fingerprint density at radius 2 is 2.00 bits per heavy atom. The van der Waals surface area contributed by atoms with Crippen LogP contribution in [0.5, 0.6) is 11.5 Å². The van der Waals surface area contributed by atoms with E-state index >= 15 is 0 Å². The third kappa shape index (κ3) is 2.96. The van der Waals surface area contributed by atoms with Crippen molar-refractivity contribution >= 4 is 11.6 Å². The molecule has 0 fully saturated rings. The van der Waals surface area contributed by atoms with Gasteiger partial charge in [-0.05, 0) is 12.5 Å². The molecular weight excluding hydrogens is 266 g/mol. The molecule has 3 N–H and O–H groups in total. The Balaban J connectivity index is 3.29. The monoisotopic (exact) mass is 287 g/mol. The number of rotatable bonds is 6. The largest absolute Gasteiger partial charge is 0.493 e. The van der Waals surface area contributed by atoms with Crippen LogP contribution in [0, 0.1) is 5.41 Å². The second kappa shape index (κ2) is 6.46. The van der Waals surface area contributed by atoms with E-state index in [0.29, 0.717) is 28.6 Å². The molecule has 108 valence electrons. The molecule has 2 atom stereocenters. The average Bonchev–Trinajstić information content (AvgIpc) is 2.45. The lowest BCUT2D eigenvalue weighted by Crippen LogP contribution is -2.33. The van der Waals surface area contributed by atoms with Gasteiger partial charge in [0.15, 0.2) is 11.5 Å². The third-order valence-electron chi connectivity index (χ3n) is 3.74. The maximum atomic E-state index is 10.5. The molecule has 1 aromatic carbocycles. The van der Waals surface area contributed by atoms with Crippen molar-refractivity contribution in [2.45, 2.75) is 26.4 Å². The quantitative estimate of drug-likeness (QED) is 0.844. The lowest BCUT2D eigenvalue weighted by Gasteiger charge is -2.33. The van der Waals surface area contributed by atoms with E-state index in [0.717, 1.165) is 6.42 Å². The van der Waals surface area contributed by atoms with Crippen molar-refractivity contribution in [3.8, 4) is 11.5 Å². The molecule has 19 heavy (non-hydrogen) atoms. The summed E-state index contributed by atoms with van der Waals surface area (Å²) in [5, 5.41) is 10.9. The van der Waals surface area contributed by atoms with Crippen LogP contribution in [0.3, 0.4) is 0 Å². The van der Waals surface area contributed by atoms with E-state index in [1.807, 2.05) is 13.8 Å². The van der Waals surface area contributed by atoms with E-state index in [2.05, 4.69) is 0 Å². The van der Waals surface area contributed by atoms with Crippen LogP contribution < -0.4 is 15.2 Å². The van der Waals surface area contributed by atoms with Gasteiger partial charge in [-0.25, -0.2) is 0 Å². The standard InChI is InChI=1S/C14H22ClNO3/c1-5-14(2,8-16)13(17)9-6-7-10(18-3)12(19-4)11(9)15/h6-7,13,17H,5,8,16H2,1-4H3. The molecule has 5 heteroatoms. The number of halogens is 1. The molecule has 1 aromatic rings. The highest BCUT2D eigenvalue weighted by molar-refractivity contribution is 6.33. The van der Waals surface area contributed by atoms with E-state index in [1.165, 1.54) is 7.11 Å². The SMILES string of the molecule is CCC(C)(CN)C(O)c1ccc(OC)c(OC)c1Cl. The van der Waals surface area contributed by atoms with E-state index in [9.17, 15) is 5.11 Å². The lowest BCUT2D eigenvalue weighted by molar-refractivity contribution is 0.0390. The molecule has 0 aliphatic heterocycles. The Hall–Kier alpha value is -0.970. The van der Waals surface area contributed by atoms with Gasteiger partial charge in [0.1, 0.15) is 0 Å². The first-order chi connectivity index (χ1) is 8.95. The van der Waals surface area contributed by atoms with Gasteiger partial charge < -0.3 is 20.3 Å². The average molecular weight is 288 g/mol. The van der Waals surface area contributed by atoms with Crippen LogP contribution in [0.25, 0.3) is 0 Å². The van der Waals surface area contributed by atoms with E-state index in [4.69, 9.17) is 26.8 Å². The van der Waals surface area contributed by atoms with Crippen molar-refractivity contribution in [1.29, 1.82) is 0 Å². The second-order valence-corrected chi connectivity index (χ2v) is 5.20. The zero-order valence-corrected chi connectivity index (χ0v) is 12.6. The van der Waals surface area contributed by atoms with Crippen molar-refractivity contribution in [2.75, 3.05) is 20.8 Å². The fourth-order valence-corrected chi connectivity index (χ4v) is 2.28. The normalized spacial score (nSPS) is 15.7. The van der Waals surface area contributed by atoms with Gasteiger partial charge in [0, 0.05) is 17.5 Å². The summed E-state index contributed by atoms with van der Waals surface area (Å²) in [6, 6.07) is 3.48. The molecule has 0 bridgehead atoms. The van der Waals surface area contributed by atoms with Crippen molar-refractivity contribution in [3.63, 3.8) is 0 Å². The first kappa shape index (κ1) is 16.1. The first-order valence-corrected chi connectivity index (χ1v) is 6.61. The van der Waals surface area contributed by atoms with Gasteiger partial charge in [-0.15, -0.1) is 0 Å². The summed E-state index contributed by atoms with van der Waals surface area (Å²) in [6.07, 6.45) is -0.00943. The number of aliphatic hydroxyl groups excluding tert-OH is 1. The van der Waals surface area contributed by atoms with E-state index in [1.54, 1.807) is 19.2 Å². The third-order valence-corrected chi connectivity index (χ3v) is 4.13. The maximum absolute atomic E-state index is 10.5. The molecule has 0 saturated heterocycles. The molecule has 0 aromatic heterocycles. The summed E-state index contributed by atoms with van der Waals surface area (Å²) < 4.78 is 10.4. The minimum absolute atomic E-state index is 0.363. The molecule has 0 spiro atoms. The molecule has 0 heterocycles. The van der Waals surface area contributed by atoms with Crippen LogP contribution in [-0.2, 0) is 0 Å². The Morgan fingerprint density at radius 1 is 1.37 bits per heavy atom. The fourth-order valence-electron chi connectivity index (χ4n) is 1.94. The van der Waals surface area contributed by atoms with Crippen LogP contribution in [0.1, 0.15) is 31.9 Å². The minimum atomic E-state index is -0.755. The molecule has 0 aliphatic carbocycles. The van der Waals surface area contributed by atoms with Crippen LogP contribution in [0.4, 0.5) is 0 Å². The van der Waals surface area contributed by atoms with E-state index < -0.39 is 11.5 Å². The summed E-state index contributed by atoms with van der Waals surface area (Å²) in [6.45, 7) is 4.30. The van der Waals surface area contributed by atoms with Gasteiger partial charge in [-0.3, -0.25) is 0 Å². The Morgan fingerprint density at radius 3 is 2.42 bits per heavy atom. The van der Waals surface area contributed by atoms with Crippen molar-refractivity contribution < 1.29 is 14.6 Å². The molecule has 1 rings (SSSR count). The summed E-state index contributed by atoms with van der Waals surface area (Å²) in [7, 11) is 3.06. The topological polar surface area (TPSA) is 64.7 Å². The van der Waals surface area contributed by atoms with Crippen molar-refractivity contribution in [1.82, 2.24) is 0 Å². The predicted octanol–water partition coefficient (Wildman–Crippen LogP) is 2.77. The molecule has 0 radical (unpaired) electrons. The van der Waals surface area contributed by atoms with E-state index in [-0.39, 0.29) is 0 Å². The molecular formula is C14H22ClNO3. The molecule has 4 nitrogen and oxygen atoms in total. The number of methoxy groups -OCH3 is 2. The highest BCUT2D eigenvalue weighted by atomic mass is 35.5. The molecule has 0 amide bonds. The number of ether oxygens (including phenoxy) is 2. The highest BCUT2D eigenvalue weighted by Crippen LogP contribution is 2.44. The Kier molecular flexibility index (Phi) is 5.47. The van der Waals surface area contributed by atoms with Gasteiger partial charge in [-0.1, -0.05) is 31.5 Å². The van der Waals surface area contributed by atoms with Gasteiger partial charge in [0.25, 0.3) is 0 Å². The van der Waals surface area contributed by atoms with Crippen molar-refractivity contribution in [3.05, 3.63) is 22.7 Å². The number of benzene rings is 1. The predicted molar refractivity (Wildman–Crippen MR) is 77.0 cm³/mol. The molecule has 0 saturated carbocycles.